The number of rotatable bonds is 2. The molecule has 1 atom stereocenters. The fourth-order valence-corrected chi connectivity index (χ4v) is 0.553. The second-order valence-corrected chi connectivity index (χ2v) is 1.84. The molecular formula is C7H12O2. The summed E-state index contributed by atoms with van der Waals surface area (Å²) < 4.78 is 4.47. The standard InChI is InChI=1S/C7H12O2/c1-4-5-6(2)7(8)9-3/h4-6H,1-3H3/b5-4+/t6-/m1/s1. The SMILES string of the molecule is C/C=C/[C@@H](C)C(=O)OC. The van der Waals surface area contributed by atoms with Crippen molar-refractivity contribution in [2.75, 3.05) is 7.11 Å². The first kappa shape index (κ1) is 8.21. The van der Waals surface area contributed by atoms with Crippen molar-refractivity contribution in [3.63, 3.8) is 0 Å². The van der Waals surface area contributed by atoms with Crippen LogP contribution in [0.25, 0.3) is 0 Å². The highest BCUT2D eigenvalue weighted by molar-refractivity contribution is 5.73. The molecule has 2 nitrogen and oxygen atoms in total. The highest BCUT2D eigenvalue weighted by Gasteiger charge is 2.06. The number of hydrogen-bond acceptors (Lipinski definition) is 2. The first-order chi connectivity index (χ1) is 4.22. The molecule has 0 saturated heterocycles. The molecular weight excluding hydrogens is 116 g/mol. The van der Waals surface area contributed by atoms with Gasteiger partial charge in [-0.15, -0.1) is 0 Å². The van der Waals surface area contributed by atoms with Gasteiger partial charge in [-0.25, -0.2) is 0 Å². The lowest BCUT2D eigenvalue weighted by Crippen LogP contribution is -2.09. The van der Waals surface area contributed by atoms with E-state index in [1.807, 2.05) is 13.0 Å². The maximum Gasteiger partial charge on any atom is 0.312 e. The minimum absolute atomic E-state index is 0.111. The Morgan fingerprint density at radius 3 is 2.56 bits per heavy atom. The molecule has 2 heteroatoms. The van der Waals surface area contributed by atoms with E-state index in [-0.39, 0.29) is 11.9 Å². The van der Waals surface area contributed by atoms with Crippen LogP contribution < -0.4 is 0 Å². The molecule has 0 N–H and O–H groups in total. The van der Waals surface area contributed by atoms with Crippen molar-refractivity contribution in [3.05, 3.63) is 12.2 Å². The Balaban J connectivity index is 3.72. The minimum atomic E-state index is -0.187. The lowest BCUT2D eigenvalue weighted by atomic mass is 10.2. The monoisotopic (exact) mass is 128 g/mol. The van der Waals surface area contributed by atoms with Crippen molar-refractivity contribution >= 4 is 5.97 Å². The van der Waals surface area contributed by atoms with Crippen LogP contribution in [0.2, 0.25) is 0 Å². The summed E-state index contributed by atoms with van der Waals surface area (Å²) in [5.41, 5.74) is 0. The number of allylic oxidation sites excluding steroid dienone is 1. The summed E-state index contributed by atoms with van der Waals surface area (Å²) in [7, 11) is 1.39. The molecule has 0 radical (unpaired) electrons. The normalized spacial score (nSPS) is 13.7. The van der Waals surface area contributed by atoms with Crippen LogP contribution in [-0.2, 0) is 9.53 Å². The van der Waals surface area contributed by atoms with Crippen molar-refractivity contribution in [1.82, 2.24) is 0 Å². The number of carbonyl (C=O) groups is 1. The Hall–Kier alpha value is -0.790. The molecule has 0 amide bonds. The second kappa shape index (κ2) is 4.13. The molecule has 9 heavy (non-hydrogen) atoms. The molecule has 0 fully saturated rings. The van der Waals surface area contributed by atoms with E-state index in [9.17, 15) is 4.79 Å². The first-order valence-corrected chi connectivity index (χ1v) is 2.93. The Labute approximate surface area is 55.5 Å². The number of methoxy groups -OCH3 is 1. The van der Waals surface area contributed by atoms with Crippen molar-refractivity contribution in [2.24, 2.45) is 5.92 Å². The van der Waals surface area contributed by atoms with E-state index in [0.29, 0.717) is 0 Å². The van der Waals surface area contributed by atoms with E-state index in [4.69, 9.17) is 0 Å². The predicted molar refractivity (Wildman–Crippen MR) is 36.0 cm³/mol. The maximum atomic E-state index is 10.6. The molecule has 0 aliphatic carbocycles. The summed E-state index contributed by atoms with van der Waals surface area (Å²) in [4.78, 5) is 10.6. The average Bonchev–Trinajstić information content (AvgIpc) is 1.87. The molecule has 0 aliphatic rings. The van der Waals surface area contributed by atoms with E-state index < -0.39 is 0 Å². The topological polar surface area (TPSA) is 26.3 Å². The summed E-state index contributed by atoms with van der Waals surface area (Å²) in [6, 6.07) is 0. The molecule has 0 heterocycles. The molecule has 0 aromatic carbocycles. The summed E-state index contributed by atoms with van der Waals surface area (Å²) in [6.45, 7) is 3.67. The number of carbonyl (C=O) groups excluding carboxylic acids is 1. The van der Waals surface area contributed by atoms with Gasteiger partial charge in [0.1, 0.15) is 0 Å². The smallest absolute Gasteiger partial charge is 0.312 e. The van der Waals surface area contributed by atoms with Gasteiger partial charge in [-0.2, -0.15) is 0 Å². The highest BCUT2D eigenvalue weighted by Crippen LogP contribution is 1.98. The van der Waals surface area contributed by atoms with Gasteiger partial charge in [0.05, 0.1) is 13.0 Å². The molecule has 52 valence electrons. The van der Waals surface area contributed by atoms with Crippen molar-refractivity contribution < 1.29 is 9.53 Å². The van der Waals surface area contributed by atoms with Crippen LogP contribution in [0.3, 0.4) is 0 Å². The third-order valence-corrected chi connectivity index (χ3v) is 1.05. The zero-order chi connectivity index (χ0) is 7.28. The molecule has 0 aromatic rings. The number of ether oxygens (including phenoxy) is 1. The Kier molecular flexibility index (Phi) is 3.76. The molecule has 0 saturated carbocycles. The predicted octanol–water partition coefficient (Wildman–Crippen LogP) is 1.37. The van der Waals surface area contributed by atoms with Gasteiger partial charge in [0.15, 0.2) is 0 Å². The average molecular weight is 128 g/mol. The van der Waals surface area contributed by atoms with Crippen molar-refractivity contribution in [1.29, 1.82) is 0 Å². The Morgan fingerprint density at radius 2 is 2.22 bits per heavy atom. The Morgan fingerprint density at radius 1 is 1.67 bits per heavy atom. The molecule has 0 rings (SSSR count). The van der Waals surface area contributed by atoms with Crippen LogP contribution in [0.5, 0.6) is 0 Å². The van der Waals surface area contributed by atoms with Crippen LogP contribution in [0.4, 0.5) is 0 Å². The quantitative estimate of drug-likeness (QED) is 0.414. The van der Waals surface area contributed by atoms with E-state index in [1.165, 1.54) is 7.11 Å². The third kappa shape index (κ3) is 2.90. The van der Waals surface area contributed by atoms with Gasteiger partial charge in [0, 0.05) is 0 Å². The van der Waals surface area contributed by atoms with Crippen LogP contribution in [-0.4, -0.2) is 13.1 Å². The molecule has 0 aromatic heterocycles. The number of esters is 1. The van der Waals surface area contributed by atoms with Crippen LogP contribution in [0.15, 0.2) is 12.2 Å². The van der Waals surface area contributed by atoms with Gasteiger partial charge in [0.2, 0.25) is 0 Å². The summed E-state index contributed by atoms with van der Waals surface area (Å²) in [5, 5.41) is 0. The van der Waals surface area contributed by atoms with Gasteiger partial charge in [-0.05, 0) is 13.8 Å². The fraction of sp³-hybridized carbons (Fsp3) is 0.571. The van der Waals surface area contributed by atoms with E-state index in [1.54, 1.807) is 13.0 Å². The van der Waals surface area contributed by atoms with E-state index >= 15 is 0 Å². The summed E-state index contributed by atoms with van der Waals surface area (Å²) >= 11 is 0. The molecule has 0 bridgehead atoms. The molecule has 0 unspecified atom stereocenters. The first-order valence-electron chi connectivity index (χ1n) is 2.93. The van der Waals surface area contributed by atoms with E-state index in [2.05, 4.69) is 4.74 Å². The van der Waals surface area contributed by atoms with Gasteiger partial charge in [0.25, 0.3) is 0 Å². The molecule has 0 spiro atoms. The lowest BCUT2D eigenvalue weighted by Gasteiger charge is -2.00. The van der Waals surface area contributed by atoms with Crippen LogP contribution in [0, 0.1) is 5.92 Å². The second-order valence-electron chi connectivity index (χ2n) is 1.84. The maximum absolute atomic E-state index is 10.6. The Bertz CT molecular complexity index is 116. The summed E-state index contributed by atoms with van der Waals surface area (Å²) in [5.74, 6) is -0.298. The highest BCUT2D eigenvalue weighted by atomic mass is 16.5. The summed E-state index contributed by atoms with van der Waals surface area (Å²) in [6.07, 6.45) is 3.63. The zero-order valence-electron chi connectivity index (χ0n) is 6.05. The van der Waals surface area contributed by atoms with Gasteiger partial charge < -0.3 is 4.74 Å². The fourth-order valence-electron chi connectivity index (χ4n) is 0.553. The number of hydrogen-bond donors (Lipinski definition) is 0. The minimum Gasteiger partial charge on any atom is -0.469 e. The van der Waals surface area contributed by atoms with Gasteiger partial charge in [-0.3, -0.25) is 4.79 Å². The largest absolute Gasteiger partial charge is 0.469 e. The van der Waals surface area contributed by atoms with Crippen LogP contribution >= 0.6 is 0 Å². The van der Waals surface area contributed by atoms with Gasteiger partial charge in [-0.1, -0.05) is 12.2 Å². The van der Waals surface area contributed by atoms with Crippen molar-refractivity contribution in [3.8, 4) is 0 Å². The lowest BCUT2D eigenvalue weighted by molar-refractivity contribution is -0.143. The zero-order valence-corrected chi connectivity index (χ0v) is 6.05. The van der Waals surface area contributed by atoms with Crippen molar-refractivity contribution in [2.45, 2.75) is 13.8 Å². The van der Waals surface area contributed by atoms with E-state index in [0.717, 1.165) is 0 Å². The van der Waals surface area contributed by atoms with Crippen LogP contribution in [0.1, 0.15) is 13.8 Å². The molecule has 0 aliphatic heterocycles. The third-order valence-electron chi connectivity index (χ3n) is 1.05. The van der Waals surface area contributed by atoms with Gasteiger partial charge >= 0.3 is 5.97 Å².